The van der Waals surface area contributed by atoms with Gasteiger partial charge in [0.25, 0.3) is 10.1 Å². The van der Waals surface area contributed by atoms with Crippen molar-refractivity contribution in [1.29, 1.82) is 0 Å². The third-order valence-corrected chi connectivity index (χ3v) is 2.59. The van der Waals surface area contributed by atoms with Crippen LogP contribution in [0, 0.1) is 13.3 Å². The fourth-order valence-corrected chi connectivity index (χ4v) is 1.19. The van der Waals surface area contributed by atoms with Gasteiger partial charge in [-0.05, 0) is 19.1 Å². The van der Waals surface area contributed by atoms with E-state index < -0.39 is 10.1 Å². The van der Waals surface area contributed by atoms with E-state index in [1.165, 1.54) is 18.6 Å². The third kappa shape index (κ3) is 8.10. The van der Waals surface area contributed by atoms with Gasteiger partial charge in [-0.1, -0.05) is 24.6 Å². The number of hydrogen-bond acceptors (Lipinski definition) is 2. The van der Waals surface area contributed by atoms with Crippen LogP contribution in [0.3, 0.4) is 0 Å². The maximum absolute atomic E-state index is 10.5. The SMILES string of the molecule is C[CH-]CC.Cc1ccc(S(=O)(=O)O)cc1.[Mg+2]. The molecule has 0 aliphatic heterocycles. The van der Waals surface area contributed by atoms with Crippen molar-refractivity contribution in [3.05, 3.63) is 36.2 Å². The molecule has 0 amide bonds. The number of unbranched alkanes of at least 4 members (excludes halogenated alkanes) is 1. The van der Waals surface area contributed by atoms with Crippen LogP contribution in [-0.4, -0.2) is 36.0 Å². The molecule has 0 saturated carbocycles. The molecule has 0 radical (unpaired) electrons. The van der Waals surface area contributed by atoms with Crippen LogP contribution in [0.4, 0.5) is 0 Å². The summed E-state index contributed by atoms with van der Waals surface area (Å²) in [5.74, 6) is 0. The molecule has 0 unspecified atom stereocenters. The average molecular weight is 254 g/mol. The first-order chi connectivity index (χ1) is 6.91. The Morgan fingerprint density at radius 3 is 1.88 bits per heavy atom. The molecule has 5 heteroatoms. The van der Waals surface area contributed by atoms with Gasteiger partial charge in [0.2, 0.25) is 0 Å². The van der Waals surface area contributed by atoms with Crippen LogP contribution in [0.15, 0.2) is 29.2 Å². The van der Waals surface area contributed by atoms with Gasteiger partial charge >= 0.3 is 23.1 Å². The molecule has 1 aromatic rings. The summed E-state index contributed by atoms with van der Waals surface area (Å²) >= 11 is 0. The molecule has 0 saturated heterocycles. The van der Waals surface area contributed by atoms with Gasteiger partial charge in [-0.3, -0.25) is 4.55 Å². The van der Waals surface area contributed by atoms with Gasteiger partial charge in [-0.2, -0.15) is 21.8 Å². The van der Waals surface area contributed by atoms with Gasteiger partial charge in [0.1, 0.15) is 0 Å². The van der Waals surface area contributed by atoms with Crippen LogP contribution in [0.5, 0.6) is 0 Å². The van der Waals surface area contributed by atoms with E-state index in [4.69, 9.17) is 4.55 Å². The first kappa shape index (κ1) is 18.3. The molecule has 0 bridgehead atoms. The van der Waals surface area contributed by atoms with Gasteiger partial charge in [0, 0.05) is 0 Å². The summed E-state index contributed by atoms with van der Waals surface area (Å²) in [5.41, 5.74) is 0.956. The number of aryl methyl sites for hydroxylation is 1. The molecule has 0 aliphatic carbocycles. The third-order valence-electron chi connectivity index (χ3n) is 1.73. The Morgan fingerprint density at radius 2 is 1.62 bits per heavy atom. The first-order valence-electron chi connectivity index (χ1n) is 4.73. The number of rotatable bonds is 2. The minimum atomic E-state index is -4.02. The number of hydrogen-bond donors (Lipinski definition) is 1. The Balaban J connectivity index is 0. The van der Waals surface area contributed by atoms with Gasteiger partial charge in [0.05, 0.1) is 4.90 Å². The molecule has 1 aromatic carbocycles. The van der Waals surface area contributed by atoms with Gasteiger partial charge in [-0.15, -0.1) is 0 Å². The van der Waals surface area contributed by atoms with Crippen LogP contribution < -0.4 is 0 Å². The topological polar surface area (TPSA) is 54.4 Å². The quantitative estimate of drug-likeness (QED) is 0.500. The fourth-order valence-electron chi connectivity index (χ4n) is 0.710. The summed E-state index contributed by atoms with van der Waals surface area (Å²) in [7, 11) is -4.02. The van der Waals surface area contributed by atoms with Gasteiger partial charge < -0.3 is 6.42 Å². The monoisotopic (exact) mass is 253 g/mol. The van der Waals surface area contributed by atoms with E-state index in [9.17, 15) is 8.42 Å². The van der Waals surface area contributed by atoms with Crippen LogP contribution >= 0.6 is 0 Å². The minimum Gasteiger partial charge on any atom is -0.332 e. The Bertz CT molecular complexity index is 369. The second-order valence-electron chi connectivity index (χ2n) is 3.10. The molecule has 0 aromatic heterocycles. The van der Waals surface area contributed by atoms with Crippen molar-refractivity contribution < 1.29 is 13.0 Å². The van der Waals surface area contributed by atoms with E-state index in [1.54, 1.807) is 12.1 Å². The van der Waals surface area contributed by atoms with Crippen molar-refractivity contribution in [3.8, 4) is 0 Å². The largest absolute Gasteiger partial charge is 2.00 e. The molecular formula is C11H17MgO3S+. The standard InChI is InChI=1S/C7H8O3S.C4H9.Mg/c1-6-2-4-7(5-3-6)11(8,9)10;1-3-4-2;/h2-5H,1H3,(H,8,9,10);3H,4H2,1-2H3;/q;-1;+2. The van der Waals surface area contributed by atoms with Crippen molar-refractivity contribution in [3.63, 3.8) is 0 Å². The molecule has 3 nitrogen and oxygen atoms in total. The van der Waals surface area contributed by atoms with Crippen molar-refractivity contribution >= 4 is 33.2 Å². The normalized spacial score (nSPS) is 9.75. The molecule has 1 N–H and O–H groups in total. The van der Waals surface area contributed by atoms with Crippen LogP contribution in [0.2, 0.25) is 0 Å². The van der Waals surface area contributed by atoms with Gasteiger partial charge in [-0.25, -0.2) is 0 Å². The zero-order valence-corrected chi connectivity index (χ0v) is 12.2. The van der Waals surface area contributed by atoms with Crippen molar-refractivity contribution in [1.82, 2.24) is 0 Å². The summed E-state index contributed by atoms with van der Waals surface area (Å²) in [5, 5.41) is 0. The minimum absolute atomic E-state index is 0. The summed E-state index contributed by atoms with van der Waals surface area (Å²) < 4.78 is 29.6. The molecule has 1 rings (SSSR count). The van der Waals surface area contributed by atoms with Gasteiger partial charge in [0.15, 0.2) is 0 Å². The van der Waals surface area contributed by atoms with Crippen molar-refractivity contribution in [2.24, 2.45) is 0 Å². The summed E-state index contributed by atoms with van der Waals surface area (Å²) in [6.07, 6.45) is 3.32. The Labute approximate surface area is 114 Å². The van der Waals surface area contributed by atoms with E-state index >= 15 is 0 Å². The average Bonchev–Trinajstić information content (AvgIpc) is 2.17. The molecular weight excluding hydrogens is 236 g/mol. The van der Waals surface area contributed by atoms with Crippen LogP contribution in [0.1, 0.15) is 25.8 Å². The molecule has 16 heavy (non-hydrogen) atoms. The molecule has 0 spiro atoms. The molecule has 86 valence electrons. The maximum atomic E-state index is 10.5. The van der Waals surface area contributed by atoms with Crippen LogP contribution in [0.25, 0.3) is 0 Å². The molecule has 0 atom stereocenters. The first-order valence-corrected chi connectivity index (χ1v) is 6.17. The Hall–Kier alpha value is -0.104. The molecule has 0 fully saturated rings. The fraction of sp³-hybridized carbons (Fsp3) is 0.364. The summed E-state index contributed by atoms with van der Waals surface area (Å²) in [6.45, 7) is 6.02. The molecule has 0 aliphatic rings. The van der Waals surface area contributed by atoms with E-state index in [-0.39, 0.29) is 27.9 Å². The van der Waals surface area contributed by atoms with E-state index in [1.807, 2.05) is 6.92 Å². The van der Waals surface area contributed by atoms with E-state index in [0.29, 0.717) is 0 Å². The predicted molar refractivity (Wildman–Crippen MR) is 67.0 cm³/mol. The van der Waals surface area contributed by atoms with Crippen LogP contribution in [-0.2, 0) is 10.1 Å². The smallest absolute Gasteiger partial charge is 0.332 e. The van der Waals surface area contributed by atoms with E-state index in [2.05, 4.69) is 20.3 Å². The Morgan fingerprint density at radius 1 is 1.25 bits per heavy atom. The zero-order valence-electron chi connectivity index (χ0n) is 9.97. The van der Waals surface area contributed by atoms with Crippen molar-refractivity contribution in [2.45, 2.75) is 32.1 Å². The predicted octanol–water partition coefficient (Wildman–Crippen LogP) is 2.48. The number of benzene rings is 1. The Kier molecular flexibility index (Phi) is 10.3. The second-order valence-corrected chi connectivity index (χ2v) is 4.53. The maximum Gasteiger partial charge on any atom is 2.00 e. The second kappa shape index (κ2) is 8.98. The zero-order chi connectivity index (χ0) is 11.9. The summed E-state index contributed by atoms with van der Waals surface area (Å²) in [4.78, 5) is -0.0666. The summed E-state index contributed by atoms with van der Waals surface area (Å²) in [6, 6.07) is 5.99. The van der Waals surface area contributed by atoms with Crippen molar-refractivity contribution in [2.75, 3.05) is 0 Å². The van der Waals surface area contributed by atoms with E-state index in [0.717, 1.165) is 5.56 Å². The molecule has 0 heterocycles.